The molecule has 2 heterocycles. The molecule has 1 fully saturated rings. The Morgan fingerprint density at radius 3 is 2.54 bits per heavy atom. The molecule has 0 bridgehead atoms. The Morgan fingerprint density at radius 1 is 1.21 bits per heavy atom. The molecule has 8 heteroatoms. The van der Waals surface area contributed by atoms with Crippen LogP contribution in [0.3, 0.4) is 0 Å². The van der Waals surface area contributed by atoms with Crippen LogP contribution in [0.25, 0.3) is 0 Å². The van der Waals surface area contributed by atoms with Gasteiger partial charge < -0.3 is 0 Å². The monoisotopic (exact) mass is 379 g/mol. The highest BCUT2D eigenvalue weighted by Crippen LogP contribution is 2.39. The molecule has 1 aromatic carbocycles. The Balaban J connectivity index is 1.87. The van der Waals surface area contributed by atoms with Crippen molar-refractivity contribution in [3.63, 3.8) is 0 Å². The Bertz CT molecular complexity index is 818. The van der Waals surface area contributed by atoms with Crippen molar-refractivity contribution in [2.75, 3.05) is 4.90 Å². The van der Waals surface area contributed by atoms with Gasteiger partial charge in [-0.15, -0.1) is 16.4 Å². The van der Waals surface area contributed by atoms with Crippen LogP contribution >= 0.6 is 34.7 Å². The molecular weight excluding hydrogens is 366 g/mol. The van der Waals surface area contributed by atoms with Gasteiger partial charge in [-0.2, -0.15) is 0 Å². The molecule has 124 valence electrons. The average molecular weight is 380 g/mol. The molecule has 1 N–H and O–H groups in total. The molecule has 1 aliphatic heterocycles. The van der Waals surface area contributed by atoms with Gasteiger partial charge in [0, 0.05) is 0 Å². The lowest BCUT2D eigenvalue weighted by molar-refractivity contribution is -0.118. The maximum atomic E-state index is 12.7. The van der Waals surface area contributed by atoms with Crippen LogP contribution in [-0.2, 0) is 4.79 Å². The topological polar surface area (TPSA) is 61.8 Å². The lowest BCUT2D eigenvalue weighted by Gasteiger charge is -2.17. The van der Waals surface area contributed by atoms with Crippen molar-refractivity contribution in [3.8, 4) is 0 Å². The van der Waals surface area contributed by atoms with Crippen LogP contribution in [0.5, 0.6) is 0 Å². The fourth-order valence-corrected chi connectivity index (χ4v) is 4.08. The van der Waals surface area contributed by atoms with Crippen LogP contribution < -0.4 is 10.3 Å². The Kier molecular flexibility index (Phi) is 4.67. The highest BCUT2D eigenvalue weighted by Gasteiger charge is 2.45. The number of carbonyl (C=O) groups is 2. The minimum absolute atomic E-state index is 0.0779. The number of thioether (sulfide) groups is 1. The van der Waals surface area contributed by atoms with Crippen LogP contribution in [0.2, 0.25) is 4.34 Å². The third-order valence-corrected chi connectivity index (χ3v) is 5.69. The quantitative estimate of drug-likeness (QED) is 0.821. The number of hydrogen-bond acceptors (Lipinski definition) is 5. The smallest absolute Gasteiger partial charge is 0.272 e. The molecule has 0 radical (unpaired) electrons. The zero-order valence-corrected chi connectivity index (χ0v) is 15.3. The second-order valence-electron chi connectivity index (χ2n) is 5.53. The van der Waals surface area contributed by atoms with Crippen LogP contribution in [0.4, 0.5) is 5.69 Å². The van der Waals surface area contributed by atoms with Gasteiger partial charge in [0.2, 0.25) is 5.91 Å². The Hall–Kier alpha value is -1.83. The molecule has 2 aromatic rings. The molecule has 3 rings (SSSR count). The van der Waals surface area contributed by atoms with E-state index in [1.54, 1.807) is 12.1 Å². The van der Waals surface area contributed by atoms with E-state index >= 15 is 0 Å². The zero-order valence-electron chi connectivity index (χ0n) is 12.9. The summed E-state index contributed by atoms with van der Waals surface area (Å²) in [6.45, 7) is 3.67. The number of amidine groups is 1. The first-order valence-corrected chi connectivity index (χ1v) is 9.11. The lowest BCUT2D eigenvalue weighted by Crippen LogP contribution is -2.36. The first kappa shape index (κ1) is 17.0. The molecule has 1 aliphatic rings. The predicted octanol–water partition coefficient (Wildman–Crippen LogP) is 3.96. The van der Waals surface area contributed by atoms with E-state index in [0.717, 1.165) is 0 Å². The number of nitrogens with one attached hydrogen (secondary N) is 1. The SMILES string of the molecule is CC1(C)S/C(=N\NC(=O)c2ccc(Cl)s2)N(c2ccccc2)C1=O. The fraction of sp³-hybridized carbons (Fsp3) is 0.188. The van der Waals surface area contributed by atoms with E-state index in [-0.39, 0.29) is 11.8 Å². The summed E-state index contributed by atoms with van der Waals surface area (Å²) in [6, 6.07) is 12.5. The number of hydrazone groups is 1. The molecule has 1 saturated heterocycles. The third-order valence-electron chi connectivity index (χ3n) is 3.32. The second kappa shape index (κ2) is 6.58. The van der Waals surface area contributed by atoms with Crippen LogP contribution in [0.1, 0.15) is 23.5 Å². The van der Waals surface area contributed by atoms with Gasteiger partial charge >= 0.3 is 0 Å². The zero-order chi connectivity index (χ0) is 17.3. The summed E-state index contributed by atoms with van der Waals surface area (Å²) in [5.41, 5.74) is 3.21. The maximum absolute atomic E-state index is 12.7. The molecule has 24 heavy (non-hydrogen) atoms. The fourth-order valence-electron chi connectivity index (χ4n) is 2.14. The molecule has 0 unspecified atom stereocenters. The summed E-state index contributed by atoms with van der Waals surface area (Å²) in [6.07, 6.45) is 0. The van der Waals surface area contributed by atoms with E-state index in [2.05, 4.69) is 10.5 Å². The van der Waals surface area contributed by atoms with E-state index in [1.807, 2.05) is 44.2 Å². The number of para-hydroxylation sites is 1. The molecule has 0 spiro atoms. The number of rotatable bonds is 3. The van der Waals surface area contributed by atoms with Crippen LogP contribution in [0.15, 0.2) is 47.6 Å². The minimum Gasteiger partial charge on any atom is -0.272 e. The van der Waals surface area contributed by atoms with E-state index in [0.29, 0.717) is 20.1 Å². The van der Waals surface area contributed by atoms with Crippen LogP contribution in [-0.4, -0.2) is 21.7 Å². The van der Waals surface area contributed by atoms with Gasteiger partial charge in [0.1, 0.15) is 0 Å². The van der Waals surface area contributed by atoms with Gasteiger partial charge in [-0.1, -0.05) is 41.6 Å². The molecule has 1 aromatic heterocycles. The summed E-state index contributed by atoms with van der Waals surface area (Å²) >= 11 is 8.32. The van der Waals surface area contributed by atoms with Crippen molar-refractivity contribution in [1.29, 1.82) is 0 Å². The van der Waals surface area contributed by atoms with Gasteiger partial charge in [-0.05, 0) is 38.1 Å². The van der Waals surface area contributed by atoms with Gasteiger partial charge in [-0.3, -0.25) is 14.5 Å². The summed E-state index contributed by atoms with van der Waals surface area (Å²) in [5.74, 6) is -0.434. The van der Waals surface area contributed by atoms with Gasteiger partial charge in [0.05, 0.1) is 19.6 Å². The largest absolute Gasteiger partial charge is 0.281 e. The van der Waals surface area contributed by atoms with Crippen molar-refractivity contribution in [2.24, 2.45) is 5.10 Å². The molecule has 0 atom stereocenters. The van der Waals surface area contributed by atoms with Gasteiger partial charge in [0.25, 0.3) is 5.91 Å². The van der Waals surface area contributed by atoms with Crippen molar-refractivity contribution >= 4 is 57.4 Å². The lowest BCUT2D eigenvalue weighted by atomic mass is 10.1. The van der Waals surface area contributed by atoms with Crippen LogP contribution in [0, 0.1) is 0 Å². The van der Waals surface area contributed by atoms with Gasteiger partial charge in [0.15, 0.2) is 5.17 Å². The highest BCUT2D eigenvalue weighted by atomic mass is 35.5. The van der Waals surface area contributed by atoms with Crippen molar-refractivity contribution < 1.29 is 9.59 Å². The van der Waals surface area contributed by atoms with Gasteiger partial charge in [-0.25, -0.2) is 5.43 Å². The summed E-state index contributed by atoms with van der Waals surface area (Å²) in [5, 5.41) is 4.60. The second-order valence-corrected chi connectivity index (χ2v) is 8.83. The first-order valence-electron chi connectivity index (χ1n) is 7.10. The molecule has 0 aliphatic carbocycles. The van der Waals surface area contributed by atoms with Crippen molar-refractivity contribution in [1.82, 2.24) is 5.43 Å². The Morgan fingerprint density at radius 2 is 1.92 bits per heavy atom. The average Bonchev–Trinajstić information content (AvgIpc) is 3.08. The standard InChI is InChI=1S/C16H14ClN3O2S2/c1-16(2)14(22)20(10-6-4-3-5-7-10)15(24-16)19-18-13(21)11-8-9-12(17)23-11/h3-9H,1-2H3,(H,18,21)/b19-15-. The molecule has 2 amide bonds. The molecule has 5 nitrogen and oxygen atoms in total. The number of thiophene rings is 1. The maximum Gasteiger partial charge on any atom is 0.281 e. The number of nitrogens with zero attached hydrogens (tertiary/aromatic N) is 2. The number of amides is 2. The third kappa shape index (κ3) is 3.33. The summed E-state index contributed by atoms with van der Waals surface area (Å²) in [7, 11) is 0. The van der Waals surface area contributed by atoms with E-state index in [4.69, 9.17) is 11.6 Å². The number of hydrogen-bond donors (Lipinski definition) is 1. The van der Waals surface area contributed by atoms with E-state index in [9.17, 15) is 9.59 Å². The van der Waals surface area contributed by atoms with E-state index in [1.165, 1.54) is 28.0 Å². The predicted molar refractivity (Wildman–Crippen MR) is 99.8 cm³/mol. The highest BCUT2D eigenvalue weighted by molar-refractivity contribution is 8.16. The van der Waals surface area contributed by atoms with Crippen molar-refractivity contribution in [3.05, 3.63) is 51.7 Å². The number of carbonyl (C=O) groups excluding carboxylic acids is 2. The first-order chi connectivity index (χ1) is 11.4. The number of anilines is 1. The minimum atomic E-state index is -0.647. The molecular formula is C16H14ClN3O2S2. The summed E-state index contributed by atoms with van der Waals surface area (Å²) < 4.78 is -0.115. The van der Waals surface area contributed by atoms with Crippen molar-refractivity contribution in [2.45, 2.75) is 18.6 Å². The normalized spacial score (nSPS) is 18.2. The Labute approximate surface area is 152 Å². The summed E-state index contributed by atoms with van der Waals surface area (Å²) in [4.78, 5) is 26.8. The number of halogens is 1. The molecule has 0 saturated carbocycles. The van der Waals surface area contributed by atoms with E-state index < -0.39 is 4.75 Å². The number of benzene rings is 1.